The molecular formula is C12H12N2O. The summed E-state index contributed by atoms with van der Waals surface area (Å²) in [7, 11) is 0. The van der Waals surface area contributed by atoms with E-state index in [4.69, 9.17) is 4.74 Å². The zero-order valence-electron chi connectivity index (χ0n) is 8.31. The number of fused-ring (bicyclic) bond motifs is 1. The molecule has 0 unspecified atom stereocenters. The highest BCUT2D eigenvalue weighted by atomic mass is 16.5. The number of ether oxygens (including phenoxy) is 1. The van der Waals surface area contributed by atoms with Gasteiger partial charge in [0.1, 0.15) is 11.9 Å². The Bertz CT molecular complexity index is 480. The van der Waals surface area contributed by atoms with Crippen molar-refractivity contribution in [2.24, 2.45) is 0 Å². The van der Waals surface area contributed by atoms with Gasteiger partial charge in [-0.2, -0.15) is 0 Å². The van der Waals surface area contributed by atoms with Crippen molar-refractivity contribution in [1.29, 1.82) is 0 Å². The first-order valence-electron chi connectivity index (χ1n) is 5.14. The molecule has 0 radical (unpaired) electrons. The van der Waals surface area contributed by atoms with Gasteiger partial charge >= 0.3 is 0 Å². The summed E-state index contributed by atoms with van der Waals surface area (Å²) in [6, 6.07) is 10.0. The molecule has 3 nitrogen and oxygen atoms in total. The normalized spacial score (nSPS) is 16.3. The second-order valence-electron chi connectivity index (χ2n) is 3.76. The van der Waals surface area contributed by atoms with Gasteiger partial charge in [-0.3, -0.25) is 4.98 Å². The van der Waals surface area contributed by atoms with Gasteiger partial charge in [0.05, 0.1) is 5.52 Å². The van der Waals surface area contributed by atoms with Gasteiger partial charge in [-0.25, -0.2) is 0 Å². The molecule has 1 aliphatic rings. The van der Waals surface area contributed by atoms with E-state index in [1.165, 1.54) is 0 Å². The van der Waals surface area contributed by atoms with Crippen molar-refractivity contribution in [1.82, 2.24) is 10.3 Å². The maximum absolute atomic E-state index is 5.76. The van der Waals surface area contributed by atoms with Gasteiger partial charge in [0.15, 0.2) is 0 Å². The number of rotatable bonds is 2. The number of hydrogen-bond donors (Lipinski definition) is 1. The van der Waals surface area contributed by atoms with Crippen LogP contribution in [0.25, 0.3) is 10.9 Å². The maximum Gasteiger partial charge on any atom is 0.123 e. The number of aromatic nitrogens is 1. The Morgan fingerprint density at radius 1 is 1.27 bits per heavy atom. The van der Waals surface area contributed by atoms with E-state index in [0.717, 1.165) is 29.7 Å². The molecule has 0 spiro atoms. The summed E-state index contributed by atoms with van der Waals surface area (Å²) >= 11 is 0. The predicted molar refractivity (Wildman–Crippen MR) is 59.0 cm³/mol. The SMILES string of the molecule is c1cnc2cc(OC3CNC3)ccc2c1. The smallest absolute Gasteiger partial charge is 0.123 e. The predicted octanol–water partition coefficient (Wildman–Crippen LogP) is 1.59. The number of hydrogen-bond acceptors (Lipinski definition) is 3. The van der Waals surface area contributed by atoms with E-state index in [-0.39, 0.29) is 0 Å². The molecule has 2 heterocycles. The largest absolute Gasteiger partial charge is 0.488 e. The lowest BCUT2D eigenvalue weighted by atomic mass is 10.2. The van der Waals surface area contributed by atoms with Crippen LogP contribution >= 0.6 is 0 Å². The molecule has 1 aliphatic heterocycles. The molecule has 76 valence electrons. The van der Waals surface area contributed by atoms with Gasteiger partial charge in [0, 0.05) is 30.7 Å². The quantitative estimate of drug-likeness (QED) is 0.799. The fraction of sp³-hybridized carbons (Fsp3) is 0.250. The first-order chi connectivity index (χ1) is 7.42. The van der Waals surface area contributed by atoms with Gasteiger partial charge in [-0.15, -0.1) is 0 Å². The van der Waals surface area contributed by atoms with Crippen LogP contribution in [0.2, 0.25) is 0 Å². The van der Waals surface area contributed by atoms with Crippen molar-refractivity contribution in [3.63, 3.8) is 0 Å². The first kappa shape index (κ1) is 8.68. The average Bonchev–Trinajstić information content (AvgIpc) is 2.23. The summed E-state index contributed by atoms with van der Waals surface area (Å²) in [5.74, 6) is 0.910. The van der Waals surface area contributed by atoms with Crippen LogP contribution in [-0.2, 0) is 0 Å². The van der Waals surface area contributed by atoms with E-state index in [2.05, 4.69) is 16.4 Å². The fourth-order valence-electron chi connectivity index (χ4n) is 1.66. The Morgan fingerprint density at radius 2 is 2.20 bits per heavy atom. The third-order valence-corrected chi connectivity index (χ3v) is 2.62. The average molecular weight is 200 g/mol. The zero-order chi connectivity index (χ0) is 10.1. The van der Waals surface area contributed by atoms with Crippen LogP contribution in [0.15, 0.2) is 36.5 Å². The van der Waals surface area contributed by atoms with Crippen LogP contribution in [0.5, 0.6) is 5.75 Å². The lowest BCUT2D eigenvalue weighted by molar-refractivity contribution is 0.142. The molecule has 0 saturated carbocycles. The molecule has 3 heteroatoms. The van der Waals surface area contributed by atoms with E-state index in [9.17, 15) is 0 Å². The van der Waals surface area contributed by atoms with E-state index < -0.39 is 0 Å². The van der Waals surface area contributed by atoms with Crippen molar-refractivity contribution < 1.29 is 4.74 Å². The Labute approximate surface area is 88.1 Å². The van der Waals surface area contributed by atoms with E-state index >= 15 is 0 Å². The second kappa shape index (κ2) is 3.51. The van der Waals surface area contributed by atoms with Crippen molar-refractivity contribution in [3.05, 3.63) is 36.5 Å². The van der Waals surface area contributed by atoms with Crippen molar-refractivity contribution in [3.8, 4) is 5.75 Å². The molecule has 1 fully saturated rings. The lowest BCUT2D eigenvalue weighted by Crippen LogP contribution is -2.50. The number of nitrogens with zero attached hydrogens (tertiary/aromatic N) is 1. The molecular weight excluding hydrogens is 188 g/mol. The third-order valence-electron chi connectivity index (χ3n) is 2.62. The van der Waals surface area contributed by atoms with Crippen LogP contribution < -0.4 is 10.1 Å². The van der Waals surface area contributed by atoms with Crippen molar-refractivity contribution in [2.45, 2.75) is 6.10 Å². The standard InChI is InChI=1S/C12H12N2O/c1-2-9-3-4-10(6-12(9)14-5-1)15-11-7-13-8-11/h1-6,11,13H,7-8H2. The minimum atomic E-state index is 0.325. The molecule has 0 aliphatic carbocycles. The van der Waals surface area contributed by atoms with Crippen LogP contribution in [-0.4, -0.2) is 24.2 Å². The Kier molecular flexibility index (Phi) is 2.03. The lowest BCUT2D eigenvalue weighted by Gasteiger charge is -2.27. The van der Waals surface area contributed by atoms with Crippen molar-refractivity contribution in [2.75, 3.05) is 13.1 Å². The summed E-state index contributed by atoms with van der Waals surface area (Å²) in [6.45, 7) is 1.89. The van der Waals surface area contributed by atoms with Crippen molar-refractivity contribution >= 4 is 10.9 Å². The molecule has 1 aromatic carbocycles. The number of nitrogens with one attached hydrogen (secondary N) is 1. The molecule has 1 aromatic heterocycles. The van der Waals surface area contributed by atoms with Gasteiger partial charge in [0.2, 0.25) is 0 Å². The summed E-state index contributed by atoms with van der Waals surface area (Å²) in [4.78, 5) is 4.30. The summed E-state index contributed by atoms with van der Waals surface area (Å²) in [6.07, 6.45) is 2.13. The Balaban J connectivity index is 1.91. The van der Waals surface area contributed by atoms with Crippen LogP contribution in [0.1, 0.15) is 0 Å². The summed E-state index contributed by atoms with van der Waals surface area (Å²) in [5, 5.41) is 4.33. The number of benzene rings is 1. The highest BCUT2D eigenvalue weighted by Crippen LogP contribution is 2.20. The Hall–Kier alpha value is -1.61. The zero-order valence-corrected chi connectivity index (χ0v) is 8.31. The minimum absolute atomic E-state index is 0.325. The first-order valence-corrected chi connectivity index (χ1v) is 5.14. The van der Waals surface area contributed by atoms with Gasteiger partial charge in [0.25, 0.3) is 0 Å². The highest BCUT2D eigenvalue weighted by molar-refractivity contribution is 5.79. The van der Waals surface area contributed by atoms with Crippen LogP contribution in [0.3, 0.4) is 0 Å². The molecule has 0 atom stereocenters. The molecule has 1 saturated heterocycles. The topological polar surface area (TPSA) is 34.1 Å². The maximum atomic E-state index is 5.76. The van der Waals surface area contributed by atoms with Crippen LogP contribution in [0.4, 0.5) is 0 Å². The molecule has 0 bridgehead atoms. The summed E-state index contributed by atoms with van der Waals surface area (Å²) < 4.78 is 5.76. The third kappa shape index (κ3) is 1.66. The molecule has 0 amide bonds. The molecule has 15 heavy (non-hydrogen) atoms. The Morgan fingerprint density at radius 3 is 3.00 bits per heavy atom. The van der Waals surface area contributed by atoms with Gasteiger partial charge < -0.3 is 10.1 Å². The van der Waals surface area contributed by atoms with Gasteiger partial charge in [-0.05, 0) is 18.2 Å². The van der Waals surface area contributed by atoms with Crippen LogP contribution in [0, 0.1) is 0 Å². The minimum Gasteiger partial charge on any atom is -0.488 e. The molecule has 2 aromatic rings. The molecule has 1 N–H and O–H groups in total. The number of pyridine rings is 1. The van der Waals surface area contributed by atoms with E-state index in [1.54, 1.807) is 6.20 Å². The highest BCUT2D eigenvalue weighted by Gasteiger charge is 2.18. The van der Waals surface area contributed by atoms with E-state index in [1.807, 2.05) is 24.3 Å². The molecule has 3 rings (SSSR count). The fourth-order valence-corrected chi connectivity index (χ4v) is 1.66. The second-order valence-corrected chi connectivity index (χ2v) is 3.76. The van der Waals surface area contributed by atoms with E-state index in [0.29, 0.717) is 6.10 Å². The monoisotopic (exact) mass is 200 g/mol. The summed E-state index contributed by atoms with van der Waals surface area (Å²) in [5.41, 5.74) is 0.988. The van der Waals surface area contributed by atoms with Gasteiger partial charge in [-0.1, -0.05) is 6.07 Å².